The standard InChI is InChI=1S/C28H42F4O/c1-2-3-4-5-21-6-8-22(9-7-21)10-11-23-12-14-24(15-13-23)18-19-28(31,32)33-25-16-17-26(29)27(30)20-25/h16-17,20-24H,2-15,18-19H2,1H3. The summed E-state index contributed by atoms with van der Waals surface area (Å²) in [5.41, 5.74) is 0. The molecule has 3 rings (SSSR count). The van der Waals surface area contributed by atoms with Crippen LogP contribution < -0.4 is 4.74 Å². The van der Waals surface area contributed by atoms with Gasteiger partial charge in [0, 0.05) is 6.07 Å². The molecule has 0 atom stereocenters. The summed E-state index contributed by atoms with van der Waals surface area (Å²) in [5.74, 6) is 0.336. The Morgan fingerprint density at radius 2 is 1.24 bits per heavy atom. The quantitative estimate of drug-likeness (QED) is 0.218. The lowest BCUT2D eigenvalue weighted by Crippen LogP contribution is -2.26. The van der Waals surface area contributed by atoms with E-state index in [0.29, 0.717) is 18.4 Å². The Morgan fingerprint density at radius 3 is 1.76 bits per heavy atom. The molecule has 2 fully saturated rings. The van der Waals surface area contributed by atoms with E-state index in [4.69, 9.17) is 0 Å². The van der Waals surface area contributed by atoms with Crippen LogP contribution in [0.2, 0.25) is 0 Å². The number of rotatable bonds is 12. The van der Waals surface area contributed by atoms with Crippen LogP contribution in [0.5, 0.6) is 5.75 Å². The second kappa shape index (κ2) is 13.0. The molecule has 0 N–H and O–H groups in total. The Labute approximate surface area is 197 Å². The van der Waals surface area contributed by atoms with E-state index in [0.717, 1.165) is 55.6 Å². The highest BCUT2D eigenvalue weighted by atomic mass is 19.3. The molecule has 188 valence electrons. The third kappa shape index (κ3) is 9.13. The van der Waals surface area contributed by atoms with Gasteiger partial charge in [-0.25, -0.2) is 8.78 Å². The minimum absolute atomic E-state index is 0.305. The monoisotopic (exact) mass is 470 g/mol. The first-order chi connectivity index (χ1) is 15.8. The normalized spacial score (nSPS) is 26.3. The lowest BCUT2D eigenvalue weighted by Gasteiger charge is -2.32. The van der Waals surface area contributed by atoms with Gasteiger partial charge in [-0.1, -0.05) is 96.8 Å². The van der Waals surface area contributed by atoms with Crippen molar-refractivity contribution in [3.8, 4) is 5.75 Å². The van der Waals surface area contributed by atoms with E-state index < -0.39 is 17.7 Å². The minimum atomic E-state index is -3.36. The summed E-state index contributed by atoms with van der Waals surface area (Å²) in [6, 6.07) is 2.52. The number of alkyl halides is 2. The van der Waals surface area contributed by atoms with Crippen molar-refractivity contribution < 1.29 is 22.3 Å². The SMILES string of the molecule is CCCCCC1CCC(CCC2CCC(CCC(F)(F)Oc3ccc(F)c(F)c3)CC2)CC1. The zero-order chi connectivity index (χ0) is 23.7. The van der Waals surface area contributed by atoms with Crippen molar-refractivity contribution in [2.75, 3.05) is 0 Å². The van der Waals surface area contributed by atoms with E-state index in [2.05, 4.69) is 11.7 Å². The fourth-order valence-electron chi connectivity index (χ4n) is 5.91. The molecule has 0 heterocycles. The number of unbranched alkanes of at least 4 members (excludes halogenated alkanes) is 2. The van der Waals surface area contributed by atoms with Crippen molar-refractivity contribution in [2.45, 2.75) is 116 Å². The summed E-state index contributed by atoms with van der Waals surface area (Å²) in [4.78, 5) is 0. The molecule has 0 unspecified atom stereocenters. The molecule has 0 spiro atoms. The van der Waals surface area contributed by atoms with Gasteiger partial charge in [-0.2, -0.15) is 8.78 Å². The van der Waals surface area contributed by atoms with Gasteiger partial charge >= 0.3 is 6.11 Å². The number of hydrogen-bond donors (Lipinski definition) is 0. The molecule has 2 saturated carbocycles. The molecule has 0 amide bonds. The average molecular weight is 471 g/mol. The zero-order valence-electron chi connectivity index (χ0n) is 20.3. The van der Waals surface area contributed by atoms with E-state index in [1.54, 1.807) is 0 Å². The Bertz CT molecular complexity index is 691. The van der Waals surface area contributed by atoms with Crippen molar-refractivity contribution in [3.63, 3.8) is 0 Å². The van der Waals surface area contributed by atoms with Gasteiger partial charge in [0.15, 0.2) is 11.6 Å². The number of hydrogen-bond acceptors (Lipinski definition) is 1. The minimum Gasteiger partial charge on any atom is -0.432 e. The average Bonchev–Trinajstić information content (AvgIpc) is 2.80. The van der Waals surface area contributed by atoms with Crippen LogP contribution in [-0.2, 0) is 0 Å². The van der Waals surface area contributed by atoms with E-state index in [-0.39, 0.29) is 12.2 Å². The van der Waals surface area contributed by atoms with Gasteiger partial charge in [0.05, 0.1) is 6.42 Å². The van der Waals surface area contributed by atoms with Crippen molar-refractivity contribution in [1.29, 1.82) is 0 Å². The van der Waals surface area contributed by atoms with Crippen LogP contribution in [0, 0.1) is 35.3 Å². The summed E-state index contributed by atoms with van der Waals surface area (Å²) < 4.78 is 59.2. The van der Waals surface area contributed by atoms with Crippen LogP contribution >= 0.6 is 0 Å². The molecule has 2 aliphatic rings. The summed E-state index contributed by atoms with van der Waals surface area (Å²) in [7, 11) is 0. The number of halogens is 4. The maximum atomic E-state index is 14.2. The third-order valence-corrected chi connectivity index (χ3v) is 8.13. The van der Waals surface area contributed by atoms with Crippen LogP contribution in [0.1, 0.15) is 110 Å². The topological polar surface area (TPSA) is 9.23 Å². The molecule has 5 heteroatoms. The molecule has 33 heavy (non-hydrogen) atoms. The van der Waals surface area contributed by atoms with Gasteiger partial charge in [-0.15, -0.1) is 0 Å². The van der Waals surface area contributed by atoms with E-state index in [1.165, 1.54) is 64.2 Å². The van der Waals surface area contributed by atoms with Crippen LogP contribution in [0.15, 0.2) is 18.2 Å². The van der Waals surface area contributed by atoms with Crippen LogP contribution in [0.4, 0.5) is 17.6 Å². The number of ether oxygens (including phenoxy) is 1. The molecule has 0 saturated heterocycles. The number of benzene rings is 1. The molecule has 1 aromatic carbocycles. The Morgan fingerprint density at radius 1 is 0.727 bits per heavy atom. The Balaban J connectivity index is 1.28. The molecular weight excluding hydrogens is 428 g/mol. The summed E-state index contributed by atoms with van der Waals surface area (Å²) in [5, 5.41) is 0. The van der Waals surface area contributed by atoms with Gasteiger partial charge in [0.25, 0.3) is 0 Å². The van der Waals surface area contributed by atoms with Gasteiger partial charge < -0.3 is 4.74 Å². The highest BCUT2D eigenvalue weighted by Gasteiger charge is 2.33. The predicted octanol–water partition coefficient (Wildman–Crippen LogP) is 9.69. The first-order valence-electron chi connectivity index (χ1n) is 13.4. The summed E-state index contributed by atoms with van der Waals surface area (Å²) >= 11 is 0. The van der Waals surface area contributed by atoms with E-state index in [1.807, 2.05) is 0 Å². The van der Waals surface area contributed by atoms with Crippen LogP contribution in [0.25, 0.3) is 0 Å². The summed E-state index contributed by atoms with van der Waals surface area (Å²) in [6.45, 7) is 2.27. The molecular formula is C28H42F4O. The van der Waals surface area contributed by atoms with Crippen molar-refractivity contribution in [1.82, 2.24) is 0 Å². The molecule has 1 aromatic rings. The fraction of sp³-hybridized carbons (Fsp3) is 0.786. The van der Waals surface area contributed by atoms with Gasteiger partial charge in [-0.3, -0.25) is 0 Å². The molecule has 0 aromatic heterocycles. The second-order valence-electron chi connectivity index (χ2n) is 10.7. The molecule has 1 nitrogen and oxygen atoms in total. The van der Waals surface area contributed by atoms with Crippen molar-refractivity contribution in [3.05, 3.63) is 29.8 Å². The van der Waals surface area contributed by atoms with Crippen LogP contribution in [-0.4, -0.2) is 6.11 Å². The summed E-state index contributed by atoms with van der Waals surface area (Å²) in [6.07, 6.45) is 14.8. The smallest absolute Gasteiger partial charge is 0.397 e. The molecule has 0 aliphatic heterocycles. The predicted molar refractivity (Wildman–Crippen MR) is 125 cm³/mol. The molecule has 0 radical (unpaired) electrons. The first-order valence-corrected chi connectivity index (χ1v) is 13.4. The maximum absolute atomic E-state index is 14.2. The van der Waals surface area contributed by atoms with Gasteiger partial charge in [-0.05, 0) is 42.2 Å². The Hall–Kier alpha value is -1.26. The Kier molecular flexibility index (Phi) is 10.4. The van der Waals surface area contributed by atoms with Gasteiger partial charge in [0.2, 0.25) is 0 Å². The third-order valence-electron chi connectivity index (χ3n) is 8.13. The lowest BCUT2D eigenvalue weighted by molar-refractivity contribution is -0.183. The fourth-order valence-corrected chi connectivity index (χ4v) is 5.91. The van der Waals surface area contributed by atoms with E-state index in [9.17, 15) is 17.6 Å². The van der Waals surface area contributed by atoms with Crippen LogP contribution in [0.3, 0.4) is 0 Å². The highest BCUT2D eigenvalue weighted by molar-refractivity contribution is 5.23. The highest BCUT2D eigenvalue weighted by Crippen LogP contribution is 2.39. The lowest BCUT2D eigenvalue weighted by atomic mass is 9.74. The molecule has 2 aliphatic carbocycles. The second-order valence-corrected chi connectivity index (χ2v) is 10.7. The van der Waals surface area contributed by atoms with E-state index >= 15 is 0 Å². The van der Waals surface area contributed by atoms with Crippen molar-refractivity contribution in [2.24, 2.45) is 23.7 Å². The largest absolute Gasteiger partial charge is 0.432 e. The molecule has 0 bridgehead atoms. The maximum Gasteiger partial charge on any atom is 0.397 e. The first kappa shape index (κ1) is 26.3. The zero-order valence-corrected chi connectivity index (χ0v) is 20.3. The van der Waals surface area contributed by atoms with Crippen molar-refractivity contribution >= 4 is 0 Å². The van der Waals surface area contributed by atoms with Gasteiger partial charge in [0.1, 0.15) is 5.75 Å².